The summed E-state index contributed by atoms with van der Waals surface area (Å²) in [4.78, 5) is 0. The zero-order chi connectivity index (χ0) is 22.7. The van der Waals surface area contributed by atoms with Crippen LogP contribution in [-0.4, -0.2) is 0 Å². The number of hydrogen-bond donors (Lipinski definition) is 0. The van der Waals surface area contributed by atoms with E-state index in [-0.39, 0.29) is 16.5 Å². The molecule has 0 aliphatic heterocycles. The molecule has 0 saturated heterocycles. The van der Waals surface area contributed by atoms with Crippen LogP contribution in [0, 0.1) is 23.4 Å². The van der Waals surface area contributed by atoms with Crippen LogP contribution in [0.5, 0.6) is 0 Å². The van der Waals surface area contributed by atoms with Gasteiger partial charge in [0.15, 0.2) is 11.6 Å². The third-order valence-corrected chi connectivity index (χ3v) is 6.82. The SMILES string of the molecule is C=CCCC1CCC(c2ccc(-c3cc4ccc(/C=C/C)c(F)c4c(F)c3F)cc2)CC1. The topological polar surface area (TPSA) is 0 Å². The second-order valence-electron chi connectivity index (χ2n) is 8.82. The summed E-state index contributed by atoms with van der Waals surface area (Å²) < 4.78 is 44.5. The molecule has 0 radical (unpaired) electrons. The summed E-state index contributed by atoms with van der Waals surface area (Å²) in [6.45, 7) is 5.57. The van der Waals surface area contributed by atoms with Crippen LogP contribution in [0.25, 0.3) is 28.0 Å². The van der Waals surface area contributed by atoms with Crippen molar-refractivity contribution in [3.63, 3.8) is 0 Å². The second-order valence-corrected chi connectivity index (χ2v) is 8.82. The van der Waals surface area contributed by atoms with Crippen LogP contribution in [0.4, 0.5) is 13.2 Å². The molecule has 0 amide bonds. The molecule has 0 spiro atoms. The highest BCUT2D eigenvalue weighted by Crippen LogP contribution is 2.39. The molecular formula is C29H29F3. The Morgan fingerprint density at radius 1 is 0.906 bits per heavy atom. The van der Waals surface area contributed by atoms with Gasteiger partial charge in [0.2, 0.25) is 0 Å². The summed E-state index contributed by atoms with van der Waals surface area (Å²) in [6, 6.07) is 12.5. The maximum Gasteiger partial charge on any atom is 0.170 e. The number of rotatable bonds is 6. The van der Waals surface area contributed by atoms with Crippen LogP contribution in [0.3, 0.4) is 0 Å². The van der Waals surface area contributed by atoms with Gasteiger partial charge in [0.05, 0.1) is 5.39 Å². The fraction of sp³-hybridized carbons (Fsp3) is 0.310. The predicted octanol–water partition coefficient (Wildman–Crippen LogP) is 9.20. The van der Waals surface area contributed by atoms with Crippen molar-refractivity contribution < 1.29 is 13.2 Å². The standard InChI is InChI=1S/C29H29F3/c1-3-5-7-19-8-10-20(11-9-19)21-12-14-22(15-13-21)25-18-24-17-16-23(6-4-2)27(30)26(24)29(32)28(25)31/h3-4,6,12-20H,1,5,7-11H2,2H3/b6-4+. The summed E-state index contributed by atoms with van der Waals surface area (Å²) in [5.41, 5.74) is 2.26. The van der Waals surface area contributed by atoms with Gasteiger partial charge < -0.3 is 0 Å². The second kappa shape index (κ2) is 9.77. The van der Waals surface area contributed by atoms with E-state index in [0.717, 1.165) is 25.2 Å². The molecule has 0 N–H and O–H groups in total. The van der Waals surface area contributed by atoms with Gasteiger partial charge in [-0.15, -0.1) is 6.58 Å². The number of hydrogen-bond acceptors (Lipinski definition) is 0. The van der Waals surface area contributed by atoms with Crippen LogP contribution in [0.1, 0.15) is 62.5 Å². The zero-order valence-corrected chi connectivity index (χ0v) is 18.5. The van der Waals surface area contributed by atoms with Crippen molar-refractivity contribution in [3.8, 4) is 11.1 Å². The molecule has 1 fully saturated rings. The quantitative estimate of drug-likeness (QED) is 0.339. The molecule has 0 heterocycles. The first-order chi connectivity index (χ1) is 15.5. The highest BCUT2D eigenvalue weighted by molar-refractivity contribution is 5.90. The highest BCUT2D eigenvalue weighted by atomic mass is 19.2. The van der Waals surface area contributed by atoms with Crippen molar-refractivity contribution in [1.82, 2.24) is 0 Å². The van der Waals surface area contributed by atoms with Crippen LogP contribution in [0.15, 0.2) is 61.2 Å². The summed E-state index contributed by atoms with van der Waals surface area (Å²) in [7, 11) is 0. The molecule has 0 nitrogen and oxygen atoms in total. The molecule has 0 bridgehead atoms. The van der Waals surface area contributed by atoms with Crippen LogP contribution in [-0.2, 0) is 0 Å². The van der Waals surface area contributed by atoms with Crippen molar-refractivity contribution in [3.05, 3.63) is 89.8 Å². The third-order valence-electron chi connectivity index (χ3n) is 6.82. The normalized spacial score (nSPS) is 19.0. The lowest BCUT2D eigenvalue weighted by atomic mass is 9.77. The van der Waals surface area contributed by atoms with Crippen molar-refractivity contribution in [1.29, 1.82) is 0 Å². The minimum absolute atomic E-state index is 0.160. The summed E-state index contributed by atoms with van der Waals surface area (Å²) in [5.74, 6) is -1.58. The highest BCUT2D eigenvalue weighted by Gasteiger charge is 2.23. The van der Waals surface area contributed by atoms with Gasteiger partial charge in [-0.25, -0.2) is 13.2 Å². The van der Waals surface area contributed by atoms with E-state index in [1.807, 2.05) is 30.3 Å². The molecule has 3 aromatic rings. The molecule has 32 heavy (non-hydrogen) atoms. The van der Waals surface area contributed by atoms with Gasteiger partial charge in [0.25, 0.3) is 0 Å². The van der Waals surface area contributed by atoms with E-state index in [1.165, 1.54) is 30.9 Å². The molecule has 4 rings (SSSR count). The number of fused-ring (bicyclic) bond motifs is 1. The third kappa shape index (κ3) is 4.39. The van der Waals surface area contributed by atoms with E-state index in [4.69, 9.17) is 0 Å². The van der Waals surface area contributed by atoms with Gasteiger partial charge >= 0.3 is 0 Å². The minimum atomic E-state index is -1.14. The average Bonchev–Trinajstić information content (AvgIpc) is 2.82. The Balaban J connectivity index is 1.59. The molecule has 1 aliphatic rings. The maximum atomic E-state index is 14.9. The number of benzene rings is 3. The number of halogens is 3. The zero-order valence-electron chi connectivity index (χ0n) is 18.5. The Kier molecular flexibility index (Phi) is 6.83. The molecule has 3 heteroatoms. The predicted molar refractivity (Wildman–Crippen MR) is 128 cm³/mol. The van der Waals surface area contributed by atoms with Crippen LogP contribution in [0.2, 0.25) is 0 Å². The summed E-state index contributed by atoms with van der Waals surface area (Å²) in [6.07, 6.45) is 12.3. The smallest absolute Gasteiger partial charge is 0.170 e. The van der Waals surface area contributed by atoms with E-state index >= 15 is 0 Å². The molecule has 1 aliphatic carbocycles. The molecule has 0 aromatic heterocycles. The van der Waals surface area contributed by atoms with E-state index in [1.54, 1.807) is 31.2 Å². The monoisotopic (exact) mass is 434 g/mol. The molecule has 3 aromatic carbocycles. The van der Waals surface area contributed by atoms with E-state index in [0.29, 0.717) is 16.9 Å². The molecule has 0 unspecified atom stereocenters. The van der Waals surface area contributed by atoms with Crippen LogP contribution >= 0.6 is 0 Å². The molecule has 0 atom stereocenters. The van der Waals surface area contributed by atoms with Crippen molar-refractivity contribution in [2.45, 2.75) is 51.4 Å². The van der Waals surface area contributed by atoms with Gasteiger partial charge in [-0.05, 0) is 79.9 Å². The average molecular weight is 435 g/mol. The van der Waals surface area contributed by atoms with Crippen molar-refractivity contribution in [2.75, 3.05) is 0 Å². The fourth-order valence-corrected chi connectivity index (χ4v) is 4.99. The van der Waals surface area contributed by atoms with E-state index in [2.05, 4.69) is 6.58 Å². The largest absolute Gasteiger partial charge is 0.206 e. The Labute approximate surface area is 188 Å². The van der Waals surface area contributed by atoms with E-state index < -0.39 is 17.5 Å². The first-order valence-corrected chi connectivity index (χ1v) is 11.5. The van der Waals surface area contributed by atoms with Crippen molar-refractivity contribution >= 4 is 16.8 Å². The molecular weight excluding hydrogens is 405 g/mol. The van der Waals surface area contributed by atoms with Gasteiger partial charge in [0, 0.05) is 11.1 Å². The van der Waals surface area contributed by atoms with Gasteiger partial charge in [-0.2, -0.15) is 0 Å². The maximum absolute atomic E-state index is 14.9. The first-order valence-electron chi connectivity index (χ1n) is 11.5. The van der Waals surface area contributed by atoms with Crippen LogP contribution < -0.4 is 0 Å². The Morgan fingerprint density at radius 2 is 1.62 bits per heavy atom. The summed E-state index contributed by atoms with van der Waals surface area (Å²) >= 11 is 0. The van der Waals surface area contributed by atoms with Gasteiger partial charge in [-0.1, -0.05) is 54.6 Å². The Morgan fingerprint density at radius 3 is 2.28 bits per heavy atom. The Hall–Kier alpha value is -2.81. The van der Waals surface area contributed by atoms with Gasteiger partial charge in [-0.3, -0.25) is 0 Å². The summed E-state index contributed by atoms with van der Waals surface area (Å²) in [5, 5.41) is 0.0539. The number of allylic oxidation sites excluding steroid dienone is 2. The Bertz CT molecular complexity index is 1130. The van der Waals surface area contributed by atoms with Gasteiger partial charge in [0.1, 0.15) is 5.82 Å². The molecule has 166 valence electrons. The lowest BCUT2D eigenvalue weighted by Gasteiger charge is -2.28. The first kappa shape index (κ1) is 22.4. The van der Waals surface area contributed by atoms with Crippen molar-refractivity contribution in [2.24, 2.45) is 5.92 Å². The fourth-order valence-electron chi connectivity index (χ4n) is 4.99. The lowest BCUT2D eigenvalue weighted by Crippen LogP contribution is -2.13. The van der Waals surface area contributed by atoms with E-state index in [9.17, 15) is 13.2 Å². The minimum Gasteiger partial charge on any atom is -0.206 e. The lowest BCUT2D eigenvalue weighted by molar-refractivity contribution is 0.312. The molecule has 1 saturated carbocycles.